The molecule has 0 aromatic carbocycles. The summed E-state index contributed by atoms with van der Waals surface area (Å²) in [4.78, 5) is 16.5. The smallest absolute Gasteiger partial charge is 0.285 e. The van der Waals surface area contributed by atoms with Crippen LogP contribution in [0.2, 0.25) is 0 Å². The van der Waals surface area contributed by atoms with Gasteiger partial charge in [-0.1, -0.05) is 13.3 Å². The van der Waals surface area contributed by atoms with E-state index in [1.54, 1.807) is 24.0 Å². The van der Waals surface area contributed by atoms with E-state index in [4.69, 9.17) is 0 Å². The molecule has 2 N–H and O–H groups in total. The molecule has 10 heteroatoms. The largest absolute Gasteiger partial charge is 0.301 e. The standard InChI is InChI=1S/C19H24N6O3S/c1-4-5-12-21-29(27,28)23-17(26)9-8-16-14(2)22-24(3)19(16)25-13-10-15-7-6-11-20-18(15)25/h6-11,13,21H,4-5,12H2,1-3H3,(H,23,26). The average molecular weight is 417 g/mol. The molecule has 0 saturated heterocycles. The third-order valence-corrected chi connectivity index (χ3v) is 5.43. The minimum Gasteiger partial charge on any atom is -0.285 e. The molecule has 3 heterocycles. The van der Waals surface area contributed by atoms with E-state index in [-0.39, 0.29) is 6.54 Å². The summed E-state index contributed by atoms with van der Waals surface area (Å²) in [7, 11) is -2.08. The monoisotopic (exact) mass is 416 g/mol. The van der Waals surface area contributed by atoms with E-state index in [1.807, 2.05) is 47.5 Å². The number of carbonyl (C=O) groups is 1. The number of carbonyl (C=O) groups excluding carboxylic acids is 1. The summed E-state index contributed by atoms with van der Waals surface area (Å²) in [5, 5.41) is 5.41. The summed E-state index contributed by atoms with van der Waals surface area (Å²) in [5.74, 6) is -0.0112. The van der Waals surface area contributed by atoms with E-state index in [1.165, 1.54) is 6.08 Å². The molecule has 9 nitrogen and oxygen atoms in total. The maximum Gasteiger partial charge on any atom is 0.301 e. The van der Waals surface area contributed by atoms with Gasteiger partial charge in [0.1, 0.15) is 11.5 Å². The molecule has 0 bridgehead atoms. The maximum atomic E-state index is 12.1. The highest BCUT2D eigenvalue weighted by atomic mass is 32.2. The van der Waals surface area contributed by atoms with Crippen molar-refractivity contribution in [2.24, 2.45) is 7.05 Å². The Morgan fingerprint density at radius 2 is 2.10 bits per heavy atom. The molecule has 3 rings (SSSR count). The molecule has 0 fully saturated rings. The van der Waals surface area contributed by atoms with Crippen LogP contribution in [0, 0.1) is 6.92 Å². The molecular formula is C19H24N6O3S. The third-order valence-electron chi connectivity index (χ3n) is 4.37. The lowest BCUT2D eigenvalue weighted by atomic mass is 10.2. The number of hydrogen-bond acceptors (Lipinski definition) is 5. The van der Waals surface area contributed by atoms with Crippen LogP contribution in [0.1, 0.15) is 31.0 Å². The number of nitrogens with one attached hydrogen (secondary N) is 2. The molecule has 0 radical (unpaired) electrons. The number of rotatable bonds is 8. The first kappa shape index (κ1) is 20.7. The van der Waals surface area contributed by atoms with Crippen molar-refractivity contribution in [1.82, 2.24) is 28.8 Å². The zero-order valence-electron chi connectivity index (χ0n) is 16.6. The van der Waals surface area contributed by atoms with E-state index < -0.39 is 16.1 Å². The highest BCUT2D eigenvalue weighted by Crippen LogP contribution is 2.24. The Morgan fingerprint density at radius 1 is 1.31 bits per heavy atom. The number of hydrogen-bond donors (Lipinski definition) is 2. The van der Waals surface area contributed by atoms with Crippen LogP contribution in [0.15, 0.2) is 36.7 Å². The molecule has 0 aliphatic rings. The van der Waals surface area contributed by atoms with Crippen molar-refractivity contribution >= 4 is 33.2 Å². The second-order valence-corrected chi connectivity index (χ2v) is 8.10. The van der Waals surface area contributed by atoms with E-state index in [2.05, 4.69) is 14.8 Å². The topological polar surface area (TPSA) is 111 Å². The molecule has 29 heavy (non-hydrogen) atoms. The Labute approximate surface area is 169 Å². The van der Waals surface area contributed by atoms with E-state index in [0.717, 1.165) is 23.3 Å². The molecular weight excluding hydrogens is 392 g/mol. The lowest BCUT2D eigenvalue weighted by Gasteiger charge is -2.07. The van der Waals surface area contributed by atoms with E-state index in [9.17, 15) is 13.2 Å². The van der Waals surface area contributed by atoms with E-state index in [0.29, 0.717) is 17.7 Å². The summed E-state index contributed by atoms with van der Waals surface area (Å²) in [6.45, 7) is 4.05. The van der Waals surface area contributed by atoms with Gasteiger partial charge in [-0.3, -0.25) is 14.0 Å². The van der Waals surface area contributed by atoms with Crippen LogP contribution in [-0.4, -0.2) is 40.2 Å². The minimum absolute atomic E-state index is 0.280. The second kappa shape index (κ2) is 8.58. The number of fused-ring (bicyclic) bond motifs is 1. The number of aryl methyl sites for hydroxylation is 2. The highest BCUT2D eigenvalue weighted by molar-refractivity contribution is 7.88. The van der Waals surface area contributed by atoms with Crippen LogP contribution in [0.3, 0.4) is 0 Å². The molecule has 154 valence electrons. The first-order chi connectivity index (χ1) is 13.8. The molecule has 0 aliphatic carbocycles. The first-order valence-corrected chi connectivity index (χ1v) is 10.8. The number of unbranched alkanes of at least 4 members (excludes halogenated alkanes) is 1. The summed E-state index contributed by atoms with van der Waals surface area (Å²) in [6, 6.07) is 5.77. The van der Waals surface area contributed by atoms with Crippen molar-refractivity contribution in [2.45, 2.75) is 26.7 Å². The molecule has 0 aliphatic heterocycles. The lowest BCUT2D eigenvalue weighted by Crippen LogP contribution is -2.39. The fourth-order valence-electron chi connectivity index (χ4n) is 3.03. The summed E-state index contributed by atoms with van der Waals surface area (Å²) in [5.41, 5.74) is 2.16. The predicted molar refractivity (Wildman–Crippen MR) is 112 cm³/mol. The Kier molecular flexibility index (Phi) is 6.14. The Bertz CT molecular complexity index is 1160. The predicted octanol–water partition coefficient (Wildman–Crippen LogP) is 1.83. The Hall–Kier alpha value is -2.98. The van der Waals surface area contributed by atoms with Crippen molar-refractivity contribution in [3.63, 3.8) is 0 Å². The number of nitrogens with zero attached hydrogens (tertiary/aromatic N) is 4. The van der Waals surface area contributed by atoms with Crippen molar-refractivity contribution in [3.05, 3.63) is 47.9 Å². The van der Waals surface area contributed by atoms with Crippen LogP contribution in [0.4, 0.5) is 0 Å². The molecule has 3 aromatic heterocycles. The molecule has 0 unspecified atom stereocenters. The van der Waals surface area contributed by atoms with Crippen molar-refractivity contribution in [3.8, 4) is 5.82 Å². The minimum atomic E-state index is -3.88. The zero-order valence-corrected chi connectivity index (χ0v) is 17.4. The van der Waals surface area contributed by atoms with Gasteiger partial charge in [0.05, 0.1) is 5.69 Å². The fraction of sp³-hybridized carbons (Fsp3) is 0.316. The van der Waals surface area contributed by atoms with Crippen LogP contribution >= 0.6 is 0 Å². The SMILES string of the molecule is CCCCNS(=O)(=O)NC(=O)C=Cc1c(C)nn(C)c1-n1ccc2cccnc21. The van der Waals surface area contributed by atoms with Crippen LogP contribution < -0.4 is 9.44 Å². The van der Waals surface area contributed by atoms with Crippen LogP contribution in [-0.2, 0) is 22.1 Å². The molecule has 0 atom stereocenters. The highest BCUT2D eigenvalue weighted by Gasteiger charge is 2.16. The molecule has 1 amide bonds. The van der Waals surface area contributed by atoms with Crippen LogP contribution in [0.25, 0.3) is 22.9 Å². The third kappa shape index (κ3) is 4.72. The second-order valence-electron chi connectivity index (χ2n) is 6.60. The number of amides is 1. The molecule has 0 saturated carbocycles. The summed E-state index contributed by atoms with van der Waals surface area (Å²) >= 11 is 0. The molecule has 3 aromatic rings. The summed E-state index contributed by atoms with van der Waals surface area (Å²) in [6.07, 6.45) is 7.88. The fourth-order valence-corrected chi connectivity index (χ4v) is 3.84. The number of pyridine rings is 1. The van der Waals surface area contributed by atoms with Gasteiger partial charge in [-0.15, -0.1) is 0 Å². The van der Waals surface area contributed by atoms with Crippen molar-refractivity contribution in [2.75, 3.05) is 6.54 Å². The van der Waals surface area contributed by atoms with Crippen molar-refractivity contribution in [1.29, 1.82) is 0 Å². The van der Waals surface area contributed by atoms with Crippen LogP contribution in [0.5, 0.6) is 0 Å². The average Bonchev–Trinajstić information content (AvgIpc) is 3.19. The van der Waals surface area contributed by atoms with E-state index >= 15 is 0 Å². The van der Waals surface area contributed by atoms with Gasteiger partial charge in [0, 0.05) is 43.0 Å². The number of aromatic nitrogens is 4. The van der Waals surface area contributed by atoms with Gasteiger partial charge in [0.15, 0.2) is 0 Å². The van der Waals surface area contributed by atoms with Gasteiger partial charge in [-0.05, 0) is 37.6 Å². The van der Waals surface area contributed by atoms with Crippen molar-refractivity contribution < 1.29 is 13.2 Å². The zero-order chi connectivity index (χ0) is 21.0. The Balaban J connectivity index is 1.86. The van der Waals surface area contributed by atoms with Gasteiger partial charge in [0.25, 0.3) is 5.91 Å². The van der Waals surface area contributed by atoms with Gasteiger partial charge in [-0.2, -0.15) is 18.2 Å². The van der Waals surface area contributed by atoms with Gasteiger partial charge < -0.3 is 0 Å². The normalized spacial score (nSPS) is 12.1. The molecule has 0 spiro atoms. The van der Waals surface area contributed by atoms with Gasteiger partial charge in [-0.25, -0.2) is 9.71 Å². The quantitative estimate of drug-likeness (QED) is 0.430. The van der Waals surface area contributed by atoms with Gasteiger partial charge in [0.2, 0.25) is 0 Å². The lowest BCUT2D eigenvalue weighted by molar-refractivity contribution is -0.114. The maximum absolute atomic E-state index is 12.1. The summed E-state index contributed by atoms with van der Waals surface area (Å²) < 4.78 is 31.7. The van der Waals surface area contributed by atoms with Gasteiger partial charge >= 0.3 is 10.2 Å². The first-order valence-electron chi connectivity index (χ1n) is 9.28. The Morgan fingerprint density at radius 3 is 2.86 bits per heavy atom.